The van der Waals surface area contributed by atoms with Crippen LogP contribution >= 0.6 is 11.6 Å². The van der Waals surface area contributed by atoms with Crippen LogP contribution in [-0.4, -0.2) is 29.3 Å². The Morgan fingerprint density at radius 2 is 2.09 bits per heavy atom. The lowest BCUT2D eigenvalue weighted by Gasteiger charge is -2.20. The summed E-state index contributed by atoms with van der Waals surface area (Å²) in [4.78, 5) is 16.0. The fourth-order valence-corrected chi connectivity index (χ4v) is 2.46. The first-order valence-corrected chi connectivity index (χ1v) is 7.89. The molecule has 1 amide bonds. The molecule has 23 heavy (non-hydrogen) atoms. The molecule has 2 rings (SSSR count). The van der Waals surface area contributed by atoms with Crippen LogP contribution in [0.3, 0.4) is 0 Å². The average molecular weight is 336 g/mol. The van der Waals surface area contributed by atoms with E-state index >= 15 is 0 Å². The third-order valence-electron chi connectivity index (χ3n) is 3.13. The standard InChI is InChI=1S/C17H22ClN3O2/c1-17(2,3)23-16(22)20-10-12(19)9-13-8-11-6-4-5-7-14(11)15(18)21-13/h4-8,12H,9-10,19H2,1-3H3,(H,20,22). The zero-order valence-corrected chi connectivity index (χ0v) is 14.4. The number of nitrogens with zero attached hydrogens (tertiary/aromatic N) is 1. The van der Waals surface area contributed by atoms with E-state index in [1.165, 1.54) is 0 Å². The van der Waals surface area contributed by atoms with Crippen LogP contribution in [0, 0.1) is 0 Å². The highest BCUT2D eigenvalue weighted by atomic mass is 35.5. The minimum Gasteiger partial charge on any atom is -0.444 e. The van der Waals surface area contributed by atoms with Crippen LogP contribution in [0.2, 0.25) is 5.15 Å². The smallest absolute Gasteiger partial charge is 0.407 e. The molecule has 3 N–H and O–H groups in total. The van der Waals surface area contributed by atoms with Crippen molar-refractivity contribution in [1.82, 2.24) is 10.3 Å². The van der Waals surface area contributed by atoms with E-state index in [0.29, 0.717) is 18.1 Å². The number of carbonyl (C=O) groups excluding carboxylic acids is 1. The molecule has 0 aliphatic carbocycles. The van der Waals surface area contributed by atoms with E-state index < -0.39 is 11.7 Å². The van der Waals surface area contributed by atoms with Crippen LogP contribution < -0.4 is 11.1 Å². The molecule has 6 heteroatoms. The van der Waals surface area contributed by atoms with Gasteiger partial charge in [-0.2, -0.15) is 0 Å². The third kappa shape index (κ3) is 5.37. The summed E-state index contributed by atoms with van der Waals surface area (Å²) in [6.07, 6.45) is 0.0397. The van der Waals surface area contributed by atoms with Gasteiger partial charge in [-0.1, -0.05) is 35.9 Å². The summed E-state index contributed by atoms with van der Waals surface area (Å²) >= 11 is 6.20. The summed E-state index contributed by atoms with van der Waals surface area (Å²) in [6.45, 7) is 5.75. The Morgan fingerprint density at radius 1 is 1.39 bits per heavy atom. The number of nitrogens with one attached hydrogen (secondary N) is 1. The first-order valence-electron chi connectivity index (χ1n) is 7.51. The predicted molar refractivity (Wildman–Crippen MR) is 92.7 cm³/mol. The monoisotopic (exact) mass is 335 g/mol. The summed E-state index contributed by atoms with van der Waals surface area (Å²) in [7, 11) is 0. The van der Waals surface area contributed by atoms with Gasteiger partial charge in [-0.25, -0.2) is 9.78 Å². The van der Waals surface area contributed by atoms with Gasteiger partial charge in [0.2, 0.25) is 0 Å². The van der Waals surface area contributed by atoms with Crippen LogP contribution in [0.5, 0.6) is 0 Å². The number of benzene rings is 1. The summed E-state index contributed by atoms with van der Waals surface area (Å²) < 4.78 is 5.17. The number of carbonyl (C=O) groups is 1. The minimum atomic E-state index is -0.526. The zero-order chi connectivity index (χ0) is 17.0. The lowest BCUT2D eigenvalue weighted by molar-refractivity contribution is 0.0524. The number of hydrogen-bond acceptors (Lipinski definition) is 4. The number of amides is 1. The Bertz CT molecular complexity index is 698. The van der Waals surface area contributed by atoms with Crippen LogP contribution in [-0.2, 0) is 11.2 Å². The molecule has 0 aliphatic heterocycles. The molecule has 0 saturated heterocycles. The Labute approximate surface area is 141 Å². The van der Waals surface area contributed by atoms with Gasteiger partial charge in [0.1, 0.15) is 10.8 Å². The maximum absolute atomic E-state index is 11.6. The lowest BCUT2D eigenvalue weighted by atomic mass is 10.1. The molecule has 5 nitrogen and oxygen atoms in total. The topological polar surface area (TPSA) is 77.2 Å². The van der Waals surface area contributed by atoms with E-state index in [4.69, 9.17) is 22.1 Å². The van der Waals surface area contributed by atoms with Crippen molar-refractivity contribution in [2.45, 2.75) is 38.8 Å². The van der Waals surface area contributed by atoms with Gasteiger partial charge >= 0.3 is 6.09 Å². The number of hydrogen-bond donors (Lipinski definition) is 2. The molecule has 0 spiro atoms. The van der Waals surface area contributed by atoms with Gasteiger partial charge in [0.25, 0.3) is 0 Å². The second kappa shape index (κ2) is 7.15. The molecule has 1 heterocycles. The largest absolute Gasteiger partial charge is 0.444 e. The predicted octanol–water partition coefficient (Wildman–Crippen LogP) is 3.28. The Hall–Kier alpha value is -1.85. The van der Waals surface area contributed by atoms with E-state index in [1.54, 1.807) is 0 Å². The van der Waals surface area contributed by atoms with Crippen molar-refractivity contribution in [3.05, 3.63) is 41.2 Å². The molecule has 0 radical (unpaired) electrons. The molecule has 1 atom stereocenters. The number of alkyl carbamates (subject to hydrolysis) is 1. The van der Waals surface area contributed by atoms with Gasteiger partial charge < -0.3 is 15.8 Å². The van der Waals surface area contributed by atoms with E-state index in [2.05, 4.69) is 10.3 Å². The number of fused-ring (bicyclic) bond motifs is 1. The molecule has 0 saturated carbocycles. The summed E-state index contributed by atoms with van der Waals surface area (Å²) in [5.74, 6) is 0. The lowest BCUT2D eigenvalue weighted by Crippen LogP contribution is -2.41. The second-order valence-electron chi connectivity index (χ2n) is 6.47. The second-order valence-corrected chi connectivity index (χ2v) is 6.83. The van der Waals surface area contributed by atoms with Gasteiger partial charge in [-0.15, -0.1) is 0 Å². The van der Waals surface area contributed by atoms with E-state index in [0.717, 1.165) is 16.5 Å². The van der Waals surface area contributed by atoms with Crippen molar-refractivity contribution in [2.75, 3.05) is 6.54 Å². The molecular formula is C17H22ClN3O2. The molecule has 2 aromatic rings. The quantitative estimate of drug-likeness (QED) is 0.840. The highest BCUT2D eigenvalue weighted by molar-refractivity contribution is 6.34. The average Bonchev–Trinajstić information content (AvgIpc) is 2.43. The molecule has 124 valence electrons. The normalized spacial score (nSPS) is 12.9. The van der Waals surface area contributed by atoms with Crippen molar-refractivity contribution in [3.8, 4) is 0 Å². The van der Waals surface area contributed by atoms with E-state index in [9.17, 15) is 4.79 Å². The first-order chi connectivity index (χ1) is 10.7. The molecule has 0 aliphatic rings. The number of halogens is 1. The van der Waals surface area contributed by atoms with E-state index in [-0.39, 0.29) is 6.04 Å². The van der Waals surface area contributed by atoms with Crippen LogP contribution in [0.1, 0.15) is 26.5 Å². The van der Waals surface area contributed by atoms with Crippen LogP contribution in [0.15, 0.2) is 30.3 Å². The van der Waals surface area contributed by atoms with Gasteiger partial charge in [-0.3, -0.25) is 0 Å². The molecule has 0 fully saturated rings. The maximum Gasteiger partial charge on any atom is 0.407 e. The van der Waals surface area contributed by atoms with Gasteiger partial charge in [0.05, 0.1) is 0 Å². The molecule has 1 aromatic carbocycles. The van der Waals surface area contributed by atoms with Crippen molar-refractivity contribution < 1.29 is 9.53 Å². The molecule has 1 aromatic heterocycles. The third-order valence-corrected chi connectivity index (χ3v) is 3.41. The molecule has 1 unspecified atom stereocenters. The highest BCUT2D eigenvalue weighted by Gasteiger charge is 2.17. The Morgan fingerprint density at radius 3 is 2.78 bits per heavy atom. The van der Waals surface area contributed by atoms with E-state index in [1.807, 2.05) is 51.1 Å². The summed E-state index contributed by atoms with van der Waals surface area (Å²) in [5, 5.41) is 5.07. The first kappa shape index (κ1) is 17.5. The number of aromatic nitrogens is 1. The Balaban J connectivity index is 1.95. The highest BCUT2D eigenvalue weighted by Crippen LogP contribution is 2.22. The van der Waals surface area contributed by atoms with Gasteiger partial charge in [0.15, 0.2) is 0 Å². The fourth-order valence-electron chi connectivity index (χ4n) is 2.18. The number of ether oxygens (including phenoxy) is 1. The number of nitrogens with two attached hydrogens (primary N) is 1. The van der Waals surface area contributed by atoms with Crippen molar-refractivity contribution in [3.63, 3.8) is 0 Å². The van der Waals surface area contributed by atoms with Crippen molar-refractivity contribution in [1.29, 1.82) is 0 Å². The SMILES string of the molecule is CC(C)(C)OC(=O)NCC(N)Cc1cc2ccccc2c(Cl)n1. The van der Waals surface area contributed by atoms with Crippen LogP contribution in [0.25, 0.3) is 10.8 Å². The van der Waals surface area contributed by atoms with Gasteiger partial charge in [0, 0.05) is 30.1 Å². The molecule has 0 bridgehead atoms. The maximum atomic E-state index is 11.6. The fraction of sp³-hybridized carbons (Fsp3) is 0.412. The molecular weight excluding hydrogens is 314 g/mol. The minimum absolute atomic E-state index is 0.271. The number of pyridine rings is 1. The number of rotatable bonds is 4. The summed E-state index contributed by atoms with van der Waals surface area (Å²) in [5.41, 5.74) is 6.33. The summed E-state index contributed by atoms with van der Waals surface area (Å²) in [6, 6.07) is 9.48. The Kier molecular flexibility index (Phi) is 5.44. The zero-order valence-electron chi connectivity index (χ0n) is 13.6. The van der Waals surface area contributed by atoms with Gasteiger partial charge in [-0.05, 0) is 32.2 Å². The van der Waals surface area contributed by atoms with Crippen LogP contribution in [0.4, 0.5) is 4.79 Å². The van der Waals surface area contributed by atoms with Crippen molar-refractivity contribution in [2.24, 2.45) is 5.73 Å². The van der Waals surface area contributed by atoms with Crippen molar-refractivity contribution >= 4 is 28.5 Å².